The Labute approximate surface area is 116 Å². The number of nitrogens with zero attached hydrogens (tertiary/aromatic N) is 2. The van der Waals surface area contributed by atoms with E-state index in [-0.39, 0.29) is 5.56 Å². The normalized spacial score (nSPS) is 13.1. The van der Waals surface area contributed by atoms with Crippen LogP contribution in [-0.2, 0) is 6.54 Å². The molecule has 98 valence electrons. The van der Waals surface area contributed by atoms with Crippen LogP contribution in [0.25, 0.3) is 10.2 Å². The molecule has 0 spiro atoms. The Balaban J connectivity index is 2.19. The first-order valence-corrected chi connectivity index (χ1v) is 7.68. The number of hydrogen-bond donors (Lipinski definition) is 1. The molecule has 3 nitrogen and oxygen atoms in total. The highest BCUT2D eigenvalue weighted by Crippen LogP contribution is 2.19. The van der Waals surface area contributed by atoms with Crippen LogP contribution in [0.2, 0.25) is 0 Å². The van der Waals surface area contributed by atoms with Crippen molar-refractivity contribution in [1.29, 1.82) is 0 Å². The highest BCUT2D eigenvalue weighted by atomic mass is 32.1. The highest BCUT2D eigenvalue weighted by Gasteiger charge is 2.09. The fourth-order valence-electron chi connectivity index (χ4n) is 1.94. The molecule has 0 saturated heterocycles. The van der Waals surface area contributed by atoms with Crippen LogP contribution in [0.3, 0.4) is 0 Å². The van der Waals surface area contributed by atoms with E-state index in [1.54, 1.807) is 10.9 Å². The molecule has 2 aromatic rings. The van der Waals surface area contributed by atoms with Crippen molar-refractivity contribution in [3.63, 3.8) is 0 Å². The van der Waals surface area contributed by atoms with Crippen molar-refractivity contribution in [1.82, 2.24) is 9.55 Å². The predicted octanol–water partition coefficient (Wildman–Crippen LogP) is 3.11. The fraction of sp³-hybridized carbons (Fsp3) is 0.538. The van der Waals surface area contributed by atoms with Gasteiger partial charge < -0.3 is 0 Å². The quantitative estimate of drug-likeness (QED) is 0.855. The minimum Gasteiger partial charge on any atom is -0.298 e. The topological polar surface area (TPSA) is 34.9 Å². The molecule has 0 aliphatic carbocycles. The summed E-state index contributed by atoms with van der Waals surface area (Å²) in [5.74, 6) is 1.49. The van der Waals surface area contributed by atoms with E-state index >= 15 is 0 Å². The lowest BCUT2D eigenvalue weighted by Gasteiger charge is -2.10. The van der Waals surface area contributed by atoms with Gasteiger partial charge in [0, 0.05) is 6.54 Å². The van der Waals surface area contributed by atoms with E-state index in [1.165, 1.54) is 11.3 Å². The molecule has 1 atom stereocenters. The summed E-state index contributed by atoms with van der Waals surface area (Å²) in [7, 11) is 0. The monoisotopic (exact) mass is 282 g/mol. The summed E-state index contributed by atoms with van der Waals surface area (Å²) in [4.78, 5) is 16.6. The Morgan fingerprint density at radius 2 is 2.28 bits per heavy atom. The summed E-state index contributed by atoms with van der Waals surface area (Å²) >= 11 is 5.72. The Bertz CT molecular complexity index is 588. The minimum atomic E-state index is 0.0937. The third-order valence-corrected chi connectivity index (χ3v) is 4.54. The van der Waals surface area contributed by atoms with Gasteiger partial charge in [-0.25, -0.2) is 4.98 Å². The molecule has 2 heterocycles. The Hall–Kier alpha value is -0.810. The van der Waals surface area contributed by atoms with Crippen LogP contribution in [0.4, 0.5) is 0 Å². The van der Waals surface area contributed by atoms with Gasteiger partial charge in [-0.15, -0.1) is 11.3 Å². The van der Waals surface area contributed by atoms with Gasteiger partial charge in [0.15, 0.2) is 0 Å². The molecule has 0 saturated carbocycles. The minimum absolute atomic E-state index is 0.0937. The maximum Gasteiger partial charge on any atom is 0.271 e. The third-order valence-electron chi connectivity index (χ3n) is 3.21. The molecule has 2 aromatic heterocycles. The van der Waals surface area contributed by atoms with Crippen molar-refractivity contribution in [3.05, 3.63) is 27.6 Å². The van der Waals surface area contributed by atoms with Crippen molar-refractivity contribution in [3.8, 4) is 0 Å². The average Bonchev–Trinajstić information content (AvgIpc) is 2.72. The van der Waals surface area contributed by atoms with Gasteiger partial charge >= 0.3 is 0 Å². The summed E-state index contributed by atoms with van der Waals surface area (Å²) in [6.45, 7) is 4.93. The summed E-state index contributed by atoms with van der Waals surface area (Å²) < 4.78 is 2.50. The molecule has 2 rings (SSSR count). The zero-order valence-corrected chi connectivity index (χ0v) is 12.4. The number of rotatable bonds is 5. The number of fused-ring (bicyclic) bond motifs is 1. The van der Waals surface area contributed by atoms with E-state index in [9.17, 15) is 4.79 Å². The van der Waals surface area contributed by atoms with Crippen molar-refractivity contribution < 1.29 is 0 Å². The van der Waals surface area contributed by atoms with Crippen LogP contribution in [-0.4, -0.2) is 15.3 Å². The van der Waals surface area contributed by atoms with Crippen molar-refractivity contribution in [2.45, 2.75) is 33.2 Å². The first-order chi connectivity index (χ1) is 8.63. The van der Waals surface area contributed by atoms with E-state index in [0.717, 1.165) is 40.9 Å². The average molecular weight is 282 g/mol. The van der Waals surface area contributed by atoms with Gasteiger partial charge in [0.05, 0.1) is 11.8 Å². The standard InChI is InChI=1S/C13H18N2OS2/c1-9(4-6-17)3-5-15-8-14-11-10(2)7-18-12(11)13(15)16/h7-9,17H,3-6H2,1-2H3. The second kappa shape index (κ2) is 5.89. The molecule has 0 aliphatic heterocycles. The number of aromatic nitrogens is 2. The first kappa shape index (κ1) is 13.6. The van der Waals surface area contributed by atoms with Crippen LogP contribution < -0.4 is 5.56 Å². The van der Waals surface area contributed by atoms with Gasteiger partial charge in [0.2, 0.25) is 0 Å². The van der Waals surface area contributed by atoms with Gasteiger partial charge in [-0.2, -0.15) is 12.6 Å². The number of thiophene rings is 1. The number of hydrogen-bond acceptors (Lipinski definition) is 4. The van der Waals surface area contributed by atoms with Crippen LogP contribution in [0.1, 0.15) is 25.3 Å². The second-order valence-electron chi connectivity index (χ2n) is 4.75. The number of aryl methyl sites for hydroxylation is 2. The molecule has 0 amide bonds. The Kier molecular flexibility index (Phi) is 4.45. The van der Waals surface area contributed by atoms with E-state index in [1.807, 2.05) is 12.3 Å². The van der Waals surface area contributed by atoms with Gasteiger partial charge in [-0.05, 0) is 42.4 Å². The van der Waals surface area contributed by atoms with Crippen molar-refractivity contribution in [2.24, 2.45) is 5.92 Å². The Morgan fingerprint density at radius 1 is 1.50 bits per heavy atom. The lowest BCUT2D eigenvalue weighted by atomic mass is 10.1. The maximum absolute atomic E-state index is 12.2. The summed E-state index contributed by atoms with van der Waals surface area (Å²) in [5.41, 5.74) is 2.03. The van der Waals surface area contributed by atoms with Gasteiger partial charge in [0.25, 0.3) is 5.56 Å². The fourth-order valence-corrected chi connectivity index (χ4v) is 3.33. The molecule has 0 radical (unpaired) electrons. The molecule has 18 heavy (non-hydrogen) atoms. The van der Waals surface area contributed by atoms with Crippen molar-refractivity contribution >= 4 is 34.2 Å². The lowest BCUT2D eigenvalue weighted by molar-refractivity contribution is 0.465. The zero-order chi connectivity index (χ0) is 13.1. The molecule has 5 heteroatoms. The van der Waals surface area contributed by atoms with Gasteiger partial charge in [-0.1, -0.05) is 6.92 Å². The molecule has 0 aromatic carbocycles. The van der Waals surface area contributed by atoms with E-state index in [4.69, 9.17) is 0 Å². The lowest BCUT2D eigenvalue weighted by Crippen LogP contribution is -2.20. The molecule has 0 aliphatic rings. The highest BCUT2D eigenvalue weighted by molar-refractivity contribution is 7.80. The molecule has 0 bridgehead atoms. The second-order valence-corrected chi connectivity index (χ2v) is 6.07. The largest absolute Gasteiger partial charge is 0.298 e. The maximum atomic E-state index is 12.2. The van der Waals surface area contributed by atoms with Crippen LogP contribution in [0.5, 0.6) is 0 Å². The van der Waals surface area contributed by atoms with Crippen LogP contribution in [0, 0.1) is 12.8 Å². The first-order valence-electron chi connectivity index (χ1n) is 6.17. The number of thiol groups is 1. The zero-order valence-electron chi connectivity index (χ0n) is 10.7. The van der Waals surface area contributed by atoms with Crippen molar-refractivity contribution in [2.75, 3.05) is 5.75 Å². The van der Waals surface area contributed by atoms with E-state index in [2.05, 4.69) is 24.5 Å². The Morgan fingerprint density at radius 3 is 3.00 bits per heavy atom. The third kappa shape index (κ3) is 2.78. The molecular formula is C13H18N2OS2. The summed E-state index contributed by atoms with van der Waals surface area (Å²) in [6, 6.07) is 0. The van der Waals surface area contributed by atoms with E-state index < -0.39 is 0 Å². The van der Waals surface area contributed by atoms with Gasteiger partial charge in [-0.3, -0.25) is 9.36 Å². The summed E-state index contributed by atoms with van der Waals surface area (Å²) in [6.07, 6.45) is 3.77. The van der Waals surface area contributed by atoms with Crippen LogP contribution >= 0.6 is 24.0 Å². The molecule has 0 fully saturated rings. The van der Waals surface area contributed by atoms with Gasteiger partial charge in [0.1, 0.15) is 4.70 Å². The van der Waals surface area contributed by atoms with E-state index in [0.29, 0.717) is 5.92 Å². The molecule has 1 unspecified atom stereocenters. The van der Waals surface area contributed by atoms with Crippen LogP contribution in [0.15, 0.2) is 16.5 Å². The predicted molar refractivity (Wildman–Crippen MR) is 80.9 cm³/mol. The molecule has 0 N–H and O–H groups in total. The molecular weight excluding hydrogens is 264 g/mol. The smallest absolute Gasteiger partial charge is 0.271 e. The SMILES string of the molecule is Cc1csc2c(=O)n(CCC(C)CCS)cnc12. The summed E-state index contributed by atoms with van der Waals surface area (Å²) in [5, 5.41) is 1.99.